The first kappa shape index (κ1) is 17.2. The Bertz CT molecular complexity index is 393. The summed E-state index contributed by atoms with van der Waals surface area (Å²) in [4.78, 5) is 0. The Labute approximate surface area is 124 Å². The first-order valence-corrected chi connectivity index (χ1v) is 7.70. The number of rotatable bonds is 7. The Morgan fingerprint density at radius 2 is 1.75 bits per heavy atom. The van der Waals surface area contributed by atoms with Crippen LogP contribution in [0.5, 0.6) is 0 Å². The fourth-order valence-corrected chi connectivity index (χ4v) is 2.17. The number of ether oxygens (including phenoxy) is 1. The fraction of sp³-hybridized carbons (Fsp3) is 0.667. The second kappa shape index (κ2) is 7.80. The quantitative estimate of drug-likeness (QED) is 0.791. The predicted octanol–water partition coefficient (Wildman–Crippen LogP) is 4.53. The molecule has 2 nitrogen and oxygen atoms in total. The Hall–Kier alpha value is -0.860. The molecule has 0 bridgehead atoms. The summed E-state index contributed by atoms with van der Waals surface area (Å²) in [5.41, 5.74) is 2.73. The van der Waals surface area contributed by atoms with Crippen LogP contribution in [0.4, 0.5) is 0 Å². The Morgan fingerprint density at radius 1 is 1.10 bits per heavy atom. The van der Waals surface area contributed by atoms with Crippen LogP contribution in [0, 0.1) is 5.92 Å². The van der Waals surface area contributed by atoms with Crippen molar-refractivity contribution in [1.82, 2.24) is 5.32 Å². The average molecular weight is 277 g/mol. The molecule has 0 aliphatic rings. The lowest BCUT2D eigenvalue weighted by Crippen LogP contribution is -2.35. The zero-order valence-electron chi connectivity index (χ0n) is 14.0. The summed E-state index contributed by atoms with van der Waals surface area (Å²) in [6.45, 7) is 14.8. The van der Waals surface area contributed by atoms with Gasteiger partial charge in [-0.15, -0.1) is 0 Å². The number of hydrogen-bond acceptors (Lipinski definition) is 2. The molecule has 20 heavy (non-hydrogen) atoms. The number of hydrogen-bond donors (Lipinski definition) is 1. The van der Waals surface area contributed by atoms with Gasteiger partial charge in [0.2, 0.25) is 0 Å². The summed E-state index contributed by atoms with van der Waals surface area (Å²) in [6.07, 6.45) is 1.44. The van der Waals surface area contributed by atoms with Gasteiger partial charge in [0.15, 0.2) is 0 Å². The molecule has 0 saturated heterocycles. The predicted molar refractivity (Wildman–Crippen MR) is 86.7 cm³/mol. The van der Waals surface area contributed by atoms with E-state index in [-0.39, 0.29) is 5.54 Å². The van der Waals surface area contributed by atoms with Crippen LogP contribution in [0.25, 0.3) is 0 Å². The minimum absolute atomic E-state index is 0.151. The third-order valence-corrected chi connectivity index (χ3v) is 3.15. The van der Waals surface area contributed by atoms with E-state index < -0.39 is 0 Å². The third-order valence-electron chi connectivity index (χ3n) is 3.15. The van der Waals surface area contributed by atoms with E-state index in [1.54, 1.807) is 0 Å². The zero-order chi connectivity index (χ0) is 15.2. The van der Waals surface area contributed by atoms with Gasteiger partial charge in [-0.2, -0.15) is 0 Å². The van der Waals surface area contributed by atoms with Crippen molar-refractivity contribution in [3.05, 3.63) is 35.4 Å². The van der Waals surface area contributed by atoms with Crippen LogP contribution in [-0.4, -0.2) is 11.6 Å². The van der Waals surface area contributed by atoms with Crippen molar-refractivity contribution in [2.75, 3.05) is 0 Å². The monoisotopic (exact) mass is 277 g/mol. The maximum atomic E-state index is 5.92. The zero-order valence-corrected chi connectivity index (χ0v) is 14.0. The van der Waals surface area contributed by atoms with E-state index in [0.29, 0.717) is 18.6 Å². The van der Waals surface area contributed by atoms with E-state index in [1.807, 2.05) is 0 Å². The highest BCUT2D eigenvalue weighted by atomic mass is 16.5. The molecule has 2 heteroatoms. The van der Waals surface area contributed by atoms with Crippen LogP contribution >= 0.6 is 0 Å². The molecule has 0 heterocycles. The molecule has 0 saturated carbocycles. The van der Waals surface area contributed by atoms with Crippen molar-refractivity contribution in [2.24, 2.45) is 5.92 Å². The van der Waals surface area contributed by atoms with E-state index in [0.717, 1.165) is 13.0 Å². The van der Waals surface area contributed by atoms with E-state index >= 15 is 0 Å². The van der Waals surface area contributed by atoms with E-state index in [4.69, 9.17) is 4.74 Å². The summed E-state index contributed by atoms with van der Waals surface area (Å²) in [6, 6.07) is 8.66. The van der Waals surface area contributed by atoms with E-state index in [2.05, 4.69) is 71.1 Å². The second-order valence-electron chi connectivity index (χ2n) is 7.17. The SMILES string of the molecule is CC(C)CC(C)OCc1cccc(CNC(C)(C)C)c1. The van der Waals surface area contributed by atoms with Crippen LogP contribution in [0.1, 0.15) is 59.1 Å². The lowest BCUT2D eigenvalue weighted by atomic mass is 10.1. The van der Waals surface area contributed by atoms with Crippen molar-refractivity contribution in [3.63, 3.8) is 0 Å². The van der Waals surface area contributed by atoms with Gasteiger partial charge in [-0.05, 0) is 51.2 Å². The van der Waals surface area contributed by atoms with E-state index in [1.165, 1.54) is 11.1 Å². The molecule has 114 valence electrons. The highest BCUT2D eigenvalue weighted by Gasteiger charge is 2.09. The largest absolute Gasteiger partial charge is 0.374 e. The van der Waals surface area contributed by atoms with Crippen molar-refractivity contribution in [3.8, 4) is 0 Å². The van der Waals surface area contributed by atoms with Crippen molar-refractivity contribution in [2.45, 2.75) is 72.8 Å². The molecule has 0 aliphatic heterocycles. The second-order valence-corrected chi connectivity index (χ2v) is 7.17. The Balaban J connectivity index is 2.47. The summed E-state index contributed by atoms with van der Waals surface area (Å²) >= 11 is 0. The lowest BCUT2D eigenvalue weighted by Gasteiger charge is -2.21. The van der Waals surface area contributed by atoms with Crippen LogP contribution in [-0.2, 0) is 17.9 Å². The van der Waals surface area contributed by atoms with Crippen molar-refractivity contribution < 1.29 is 4.74 Å². The maximum absolute atomic E-state index is 5.92. The summed E-state index contributed by atoms with van der Waals surface area (Å²) < 4.78 is 5.92. The molecule has 0 fully saturated rings. The molecule has 1 atom stereocenters. The average Bonchev–Trinajstić information content (AvgIpc) is 2.33. The summed E-state index contributed by atoms with van der Waals surface area (Å²) in [5.74, 6) is 0.687. The smallest absolute Gasteiger partial charge is 0.0720 e. The first-order chi connectivity index (χ1) is 9.26. The molecule has 0 aliphatic carbocycles. The third kappa shape index (κ3) is 7.66. The van der Waals surface area contributed by atoms with Gasteiger partial charge in [0, 0.05) is 12.1 Å². The molecule has 1 N–H and O–H groups in total. The van der Waals surface area contributed by atoms with Gasteiger partial charge in [-0.25, -0.2) is 0 Å². The molecule has 0 radical (unpaired) electrons. The van der Waals surface area contributed by atoms with Crippen LogP contribution in [0.2, 0.25) is 0 Å². The summed E-state index contributed by atoms with van der Waals surface area (Å²) in [7, 11) is 0. The Morgan fingerprint density at radius 3 is 2.35 bits per heavy atom. The standard InChI is InChI=1S/C18H31NO/c1-14(2)10-15(3)20-13-17-9-7-8-16(11-17)12-19-18(4,5)6/h7-9,11,14-15,19H,10,12-13H2,1-6H3. The molecule has 0 amide bonds. The van der Waals surface area contributed by atoms with Crippen LogP contribution in [0.3, 0.4) is 0 Å². The van der Waals surface area contributed by atoms with Gasteiger partial charge in [-0.1, -0.05) is 38.1 Å². The first-order valence-electron chi connectivity index (χ1n) is 7.70. The molecule has 1 unspecified atom stereocenters. The lowest BCUT2D eigenvalue weighted by molar-refractivity contribution is 0.0397. The number of benzene rings is 1. The normalized spacial score (nSPS) is 13.8. The van der Waals surface area contributed by atoms with Crippen molar-refractivity contribution in [1.29, 1.82) is 0 Å². The van der Waals surface area contributed by atoms with Gasteiger partial charge in [-0.3, -0.25) is 0 Å². The van der Waals surface area contributed by atoms with Crippen LogP contribution < -0.4 is 5.32 Å². The van der Waals surface area contributed by atoms with Gasteiger partial charge in [0.25, 0.3) is 0 Å². The highest BCUT2D eigenvalue weighted by molar-refractivity contribution is 5.23. The maximum Gasteiger partial charge on any atom is 0.0720 e. The van der Waals surface area contributed by atoms with Crippen molar-refractivity contribution >= 4 is 0 Å². The van der Waals surface area contributed by atoms with Crippen LogP contribution in [0.15, 0.2) is 24.3 Å². The molecular weight excluding hydrogens is 246 g/mol. The molecule has 1 aromatic carbocycles. The summed E-state index contributed by atoms with van der Waals surface area (Å²) in [5, 5.41) is 3.52. The van der Waals surface area contributed by atoms with Gasteiger partial charge in [0.1, 0.15) is 0 Å². The van der Waals surface area contributed by atoms with Gasteiger partial charge >= 0.3 is 0 Å². The molecule has 1 aromatic rings. The minimum Gasteiger partial charge on any atom is -0.374 e. The topological polar surface area (TPSA) is 21.3 Å². The van der Waals surface area contributed by atoms with Gasteiger partial charge in [0.05, 0.1) is 12.7 Å². The number of nitrogens with one attached hydrogen (secondary N) is 1. The molecular formula is C18H31NO. The van der Waals surface area contributed by atoms with E-state index in [9.17, 15) is 0 Å². The molecule has 0 aromatic heterocycles. The fourth-order valence-electron chi connectivity index (χ4n) is 2.17. The Kier molecular flexibility index (Phi) is 6.70. The highest BCUT2D eigenvalue weighted by Crippen LogP contribution is 2.12. The molecule has 0 spiro atoms. The van der Waals surface area contributed by atoms with Gasteiger partial charge < -0.3 is 10.1 Å². The minimum atomic E-state index is 0.151. The molecule has 1 rings (SSSR count).